The third kappa shape index (κ3) is 2.78. The molecule has 1 aromatic heterocycles. The van der Waals surface area contributed by atoms with Gasteiger partial charge in [0.15, 0.2) is 11.5 Å². The number of aliphatic hydroxyl groups is 1. The van der Waals surface area contributed by atoms with Crippen molar-refractivity contribution in [3.63, 3.8) is 0 Å². The SMILES string of the molecule is CC[C@H]1CN2CCc3c([nH]c4cc(OC)c(OC)cc34)[C@@H]2C[C@@H]1CCO. The van der Waals surface area contributed by atoms with Gasteiger partial charge in [0.05, 0.1) is 20.3 Å². The van der Waals surface area contributed by atoms with E-state index in [0.717, 1.165) is 49.4 Å². The Morgan fingerprint density at radius 1 is 1.19 bits per heavy atom. The Morgan fingerprint density at radius 2 is 1.96 bits per heavy atom. The molecule has 5 heteroatoms. The molecule has 0 spiro atoms. The number of nitrogens with one attached hydrogen (secondary N) is 1. The van der Waals surface area contributed by atoms with Crippen molar-refractivity contribution < 1.29 is 14.6 Å². The zero-order valence-electron chi connectivity index (χ0n) is 16.0. The Bertz CT molecular complexity index is 785. The predicted octanol–water partition coefficient (Wildman–Crippen LogP) is 3.51. The van der Waals surface area contributed by atoms with Crippen molar-refractivity contribution in [3.05, 3.63) is 23.4 Å². The maximum absolute atomic E-state index is 9.50. The average molecular weight is 358 g/mol. The molecule has 26 heavy (non-hydrogen) atoms. The highest BCUT2D eigenvalue weighted by atomic mass is 16.5. The fourth-order valence-corrected chi connectivity index (χ4v) is 5.14. The van der Waals surface area contributed by atoms with Crippen LogP contribution in [0.15, 0.2) is 12.1 Å². The highest BCUT2D eigenvalue weighted by Crippen LogP contribution is 2.45. The number of hydrogen-bond donors (Lipinski definition) is 2. The molecule has 1 aromatic carbocycles. The van der Waals surface area contributed by atoms with Crippen LogP contribution in [0, 0.1) is 11.8 Å². The summed E-state index contributed by atoms with van der Waals surface area (Å²) in [4.78, 5) is 6.34. The van der Waals surface area contributed by atoms with Crippen LogP contribution in [0.4, 0.5) is 0 Å². The molecule has 0 saturated carbocycles. The number of rotatable bonds is 5. The van der Waals surface area contributed by atoms with Gasteiger partial charge in [-0.1, -0.05) is 13.3 Å². The molecular weight excluding hydrogens is 328 g/mol. The third-order valence-electron chi connectivity index (χ3n) is 6.55. The van der Waals surface area contributed by atoms with Crippen LogP contribution in [0.5, 0.6) is 11.5 Å². The van der Waals surface area contributed by atoms with Crippen LogP contribution in [0.2, 0.25) is 0 Å². The van der Waals surface area contributed by atoms with E-state index in [2.05, 4.69) is 28.9 Å². The van der Waals surface area contributed by atoms with Gasteiger partial charge in [0, 0.05) is 42.4 Å². The summed E-state index contributed by atoms with van der Waals surface area (Å²) in [5, 5.41) is 10.8. The molecule has 2 N–H and O–H groups in total. The number of hydrogen-bond acceptors (Lipinski definition) is 4. The van der Waals surface area contributed by atoms with Gasteiger partial charge in [-0.05, 0) is 42.7 Å². The Labute approximate surface area is 155 Å². The first-order valence-corrected chi connectivity index (χ1v) is 9.81. The topological polar surface area (TPSA) is 57.7 Å². The molecule has 1 saturated heterocycles. The van der Waals surface area contributed by atoms with Crippen molar-refractivity contribution in [2.45, 2.75) is 38.6 Å². The average Bonchev–Trinajstić information content (AvgIpc) is 3.04. The Kier molecular flexibility index (Phi) is 4.84. The van der Waals surface area contributed by atoms with Crippen LogP contribution < -0.4 is 9.47 Å². The Hall–Kier alpha value is -1.72. The molecule has 0 aliphatic carbocycles. The highest BCUT2D eigenvalue weighted by Gasteiger charge is 2.39. The number of H-pyrrole nitrogens is 1. The van der Waals surface area contributed by atoms with E-state index in [9.17, 15) is 5.11 Å². The molecule has 0 amide bonds. The summed E-state index contributed by atoms with van der Waals surface area (Å²) in [5.74, 6) is 2.86. The molecule has 142 valence electrons. The minimum Gasteiger partial charge on any atom is -0.493 e. The lowest BCUT2D eigenvalue weighted by atomic mass is 9.76. The van der Waals surface area contributed by atoms with Gasteiger partial charge in [0.1, 0.15) is 0 Å². The van der Waals surface area contributed by atoms with Crippen LogP contribution in [0.3, 0.4) is 0 Å². The minimum atomic E-state index is 0.293. The molecule has 4 rings (SSSR count). The van der Waals surface area contributed by atoms with Crippen molar-refractivity contribution in [1.29, 1.82) is 0 Å². The number of methoxy groups -OCH3 is 2. The second kappa shape index (κ2) is 7.12. The molecular formula is C21H30N2O3. The molecule has 2 aromatic rings. The van der Waals surface area contributed by atoms with Gasteiger partial charge in [0.2, 0.25) is 0 Å². The molecule has 1 fully saturated rings. The normalized spacial score (nSPS) is 25.8. The molecule has 0 unspecified atom stereocenters. The molecule has 0 bridgehead atoms. The molecule has 3 atom stereocenters. The van der Waals surface area contributed by atoms with E-state index in [1.807, 2.05) is 0 Å². The molecule has 0 radical (unpaired) electrons. The predicted molar refractivity (Wildman–Crippen MR) is 103 cm³/mol. The van der Waals surface area contributed by atoms with Crippen molar-refractivity contribution in [1.82, 2.24) is 9.88 Å². The first kappa shape index (κ1) is 17.7. The van der Waals surface area contributed by atoms with Crippen molar-refractivity contribution in [2.75, 3.05) is 33.9 Å². The second-order valence-electron chi connectivity index (χ2n) is 7.71. The fraction of sp³-hybridized carbons (Fsp3) is 0.619. The monoisotopic (exact) mass is 358 g/mol. The Morgan fingerprint density at radius 3 is 2.65 bits per heavy atom. The zero-order chi connectivity index (χ0) is 18.3. The van der Waals surface area contributed by atoms with E-state index >= 15 is 0 Å². The summed E-state index contributed by atoms with van der Waals surface area (Å²) in [5.41, 5.74) is 3.92. The van der Waals surface area contributed by atoms with Crippen LogP contribution in [0.1, 0.15) is 43.5 Å². The van der Waals surface area contributed by atoms with E-state index < -0.39 is 0 Å². The molecule has 5 nitrogen and oxygen atoms in total. The summed E-state index contributed by atoms with van der Waals surface area (Å²) in [7, 11) is 3.37. The summed E-state index contributed by atoms with van der Waals surface area (Å²) in [6, 6.07) is 4.60. The van der Waals surface area contributed by atoms with E-state index in [4.69, 9.17) is 9.47 Å². The second-order valence-corrected chi connectivity index (χ2v) is 7.71. The number of nitrogens with zero attached hydrogens (tertiary/aromatic N) is 1. The zero-order valence-corrected chi connectivity index (χ0v) is 16.0. The van der Waals surface area contributed by atoms with Crippen LogP contribution >= 0.6 is 0 Å². The standard InChI is InChI=1S/C21H30N2O3/c1-4-13-12-23-7-5-15-16-10-19(25-2)20(26-3)11-17(16)22-21(15)18(23)9-14(13)6-8-24/h10-11,13-14,18,22,24H,4-9,12H2,1-3H3/t13-,14-,18-/m0/s1. The van der Waals surface area contributed by atoms with Gasteiger partial charge < -0.3 is 19.6 Å². The molecule has 3 heterocycles. The van der Waals surface area contributed by atoms with Gasteiger partial charge in [-0.2, -0.15) is 0 Å². The third-order valence-corrected chi connectivity index (χ3v) is 6.55. The lowest BCUT2D eigenvalue weighted by molar-refractivity contribution is 0.0396. The van der Waals surface area contributed by atoms with Crippen molar-refractivity contribution in [2.24, 2.45) is 11.8 Å². The number of fused-ring (bicyclic) bond motifs is 5. The van der Waals surface area contributed by atoms with Crippen LogP contribution in [-0.2, 0) is 6.42 Å². The first-order valence-electron chi connectivity index (χ1n) is 9.81. The number of aromatic nitrogens is 1. The highest BCUT2D eigenvalue weighted by molar-refractivity contribution is 5.88. The number of piperidine rings is 1. The van der Waals surface area contributed by atoms with Crippen LogP contribution in [0.25, 0.3) is 10.9 Å². The number of aromatic amines is 1. The Balaban J connectivity index is 1.74. The summed E-state index contributed by atoms with van der Waals surface area (Å²) in [6.07, 6.45) is 4.32. The maximum atomic E-state index is 9.50. The van der Waals surface area contributed by atoms with E-state index in [1.54, 1.807) is 14.2 Å². The number of benzene rings is 1. The van der Waals surface area contributed by atoms with Gasteiger partial charge in [-0.15, -0.1) is 0 Å². The number of ether oxygens (including phenoxy) is 2. The number of aliphatic hydroxyl groups excluding tert-OH is 1. The first-order chi connectivity index (χ1) is 12.7. The lowest BCUT2D eigenvalue weighted by Gasteiger charge is -2.46. The van der Waals surface area contributed by atoms with E-state index in [-0.39, 0.29) is 0 Å². The fourth-order valence-electron chi connectivity index (χ4n) is 5.14. The van der Waals surface area contributed by atoms with Gasteiger partial charge in [0.25, 0.3) is 0 Å². The molecule has 2 aliphatic rings. The van der Waals surface area contributed by atoms with Gasteiger partial charge in [-0.25, -0.2) is 0 Å². The van der Waals surface area contributed by atoms with E-state index in [0.29, 0.717) is 24.5 Å². The van der Waals surface area contributed by atoms with Crippen molar-refractivity contribution >= 4 is 10.9 Å². The van der Waals surface area contributed by atoms with Crippen LogP contribution in [-0.4, -0.2) is 48.9 Å². The minimum absolute atomic E-state index is 0.293. The lowest BCUT2D eigenvalue weighted by Crippen LogP contribution is -2.46. The van der Waals surface area contributed by atoms with E-state index in [1.165, 1.54) is 23.1 Å². The molecule has 2 aliphatic heterocycles. The summed E-state index contributed by atoms with van der Waals surface area (Å²) in [6.45, 7) is 4.84. The summed E-state index contributed by atoms with van der Waals surface area (Å²) < 4.78 is 11.0. The van der Waals surface area contributed by atoms with Gasteiger partial charge >= 0.3 is 0 Å². The summed E-state index contributed by atoms with van der Waals surface area (Å²) >= 11 is 0. The van der Waals surface area contributed by atoms with Gasteiger partial charge in [-0.3, -0.25) is 4.90 Å². The maximum Gasteiger partial charge on any atom is 0.162 e. The van der Waals surface area contributed by atoms with Crippen molar-refractivity contribution in [3.8, 4) is 11.5 Å². The quantitative estimate of drug-likeness (QED) is 0.859. The smallest absolute Gasteiger partial charge is 0.162 e. The largest absolute Gasteiger partial charge is 0.493 e.